The Labute approximate surface area is 693 Å². The van der Waals surface area contributed by atoms with Gasteiger partial charge in [-0.05, 0) is 144 Å². The number of hydrogen-bond acceptors (Lipinski definition) is 30. The summed E-state index contributed by atoms with van der Waals surface area (Å²) in [6.07, 6.45) is 20.3. The van der Waals surface area contributed by atoms with Gasteiger partial charge in [-0.15, -0.1) is 58.3 Å². The molecule has 12 aromatic heterocycles. The molecule has 6 N–H and O–H groups in total. The summed E-state index contributed by atoms with van der Waals surface area (Å²) in [5.41, 5.74) is 11.4. The quantitative estimate of drug-likeness (QED) is 0.0375. The summed E-state index contributed by atoms with van der Waals surface area (Å²) in [5.74, 6) is 2.42. The molecule has 620 valence electrons. The van der Waals surface area contributed by atoms with E-state index in [-0.39, 0.29) is 95.5 Å². The van der Waals surface area contributed by atoms with Gasteiger partial charge in [0.1, 0.15) is 39.6 Å². The molecular weight excluding hydrogens is 1550 g/mol. The van der Waals surface area contributed by atoms with Crippen molar-refractivity contribution in [2.24, 2.45) is 5.73 Å². The average Bonchev–Trinajstić information content (AvgIpc) is 1.58. The van der Waals surface area contributed by atoms with Crippen LogP contribution in [0.5, 0.6) is 17.6 Å². The number of rotatable bonds is 24. The average molecular weight is 1650 g/mol. The second-order valence-electron chi connectivity index (χ2n) is 28.9. The maximum atomic E-state index is 12.4. The van der Waals surface area contributed by atoms with E-state index in [0.29, 0.717) is 134 Å². The number of ether oxygens (including phenoxy) is 7. The number of fused-ring (bicyclic) bond motifs is 9. The number of nitrogens with zero attached hydrogens (tertiary/aromatic N) is 18. The van der Waals surface area contributed by atoms with Crippen LogP contribution < -0.4 is 30.6 Å². The van der Waals surface area contributed by atoms with Crippen LogP contribution in [0.1, 0.15) is 172 Å². The summed E-state index contributed by atoms with van der Waals surface area (Å²) in [4.78, 5) is 48.8. The van der Waals surface area contributed by atoms with Crippen LogP contribution in [-0.2, 0) is 58.6 Å². The molecule has 5 aliphatic rings. The Balaban J connectivity index is 0.000000161. The van der Waals surface area contributed by atoms with E-state index in [9.17, 15) is 19.5 Å². The molecule has 15 aromatic rings. The molecule has 0 bridgehead atoms. The number of pyridine rings is 3. The fraction of sp³-hybridized carbons (Fsp3) is 0.341. The number of nitrogens with two attached hydrogens (primary N) is 1. The number of aliphatic hydroxyl groups is 1. The number of aliphatic hydroxyl groups excluding tert-OH is 1. The predicted octanol–water partition coefficient (Wildman–Crippen LogP) is 12.5. The Kier molecular flexibility index (Phi) is 23.7. The number of amides is 2. The number of benzene rings is 3. The molecule has 3 aromatic carbocycles. The standard InChI is InChI=1S/C29H29N7O5.C25H22N6O6.C24H21N7O4.C4H9N.ClH.4H2/c37-28(31-19-6-5-7-19)18-11-12-20(30-15-18)16-40-29-23-9-2-1-8-22(23)26-32-33-27(36(26)34-29)24-14-21(41-35-24)17-39-25-10-3-4-13-38-25;32-25(33)15-8-9-16(26-12-15)13-36-24-19-6-2-1-5-18(19)22-27-28-23(31(22)29-24)20-11-17(37-30-20)14-35-21-7-3-4-10-34-21;32-12-17-10-20(30-35-17)22-28-27-21-18-6-1-2-7-19(18)24(29-31(21)22)34-13-16-9-8-14(11-25-16)23(33)26-15-4-3-5-15;5-4-2-1-3-4;;;;;/h1-2,8-9,11-12,14-15,19,25H,3-7,10,13,16-17H2,(H,31,37);1-2,5-6,8-9,11-12,21H,3-4,7,10,13-14H2,(H,32,33);1-2,6-11,15,32H,3-5,12-13H2,(H,26,33);4H,1-3,5H2;5*1H/i;;;;;3*1+1D;1+1. The molecule has 2 amide bonds. The number of hydrogen-bond donors (Lipinski definition) is 5. The van der Waals surface area contributed by atoms with E-state index in [1.165, 1.54) is 36.0 Å². The monoisotopic (exact) mass is 1650 g/mol. The predicted molar refractivity (Wildman–Crippen MR) is 434 cm³/mol. The highest BCUT2D eigenvalue weighted by Gasteiger charge is 2.27. The summed E-state index contributed by atoms with van der Waals surface area (Å²) in [6.45, 7) is 2.02. The molecule has 36 nitrogen and oxygen atoms in total. The van der Waals surface area contributed by atoms with Gasteiger partial charge in [0.15, 0.2) is 63.9 Å². The van der Waals surface area contributed by atoms with Gasteiger partial charge < -0.3 is 73.3 Å². The number of aromatic nitrogens is 18. The zero-order chi connectivity index (χ0) is 86.3. The van der Waals surface area contributed by atoms with Crippen molar-refractivity contribution in [3.8, 4) is 52.2 Å². The van der Waals surface area contributed by atoms with Crippen LogP contribution >= 0.6 is 12.4 Å². The SMILES string of the molecule is Cl.NC1CCC1.O=C(NC1CCC1)c1ccc(COc2nn3c(-c4cc(CO)on4)nnc3c3ccccc23)nc1.O=C(NC1CCC1)c1ccc(COc2nn3c(-c4cc(COC5CCCCO5)on4)nnc3c3ccccc23)nc1.O=C(O)c1ccc(COc2nn3c(-c4cc(COC5CCCCO5)on4)nnc3c3ccccc23)nc1.[2HH].[2H][2H].[2H][2H].[2H][2H]. The number of halogens is 1. The molecule has 0 radical (unpaired) electrons. The highest BCUT2D eigenvalue weighted by atomic mass is 35.5. The molecule has 0 spiro atoms. The first kappa shape index (κ1) is 76.0. The van der Waals surface area contributed by atoms with E-state index in [1.807, 2.05) is 72.8 Å². The molecule has 14 heterocycles. The molecule has 3 saturated carbocycles. The Morgan fingerprint density at radius 2 is 0.798 bits per heavy atom. The number of nitrogens with one attached hydrogen (secondary N) is 2. The van der Waals surface area contributed by atoms with Crippen LogP contribution in [0, 0.1) is 0 Å². The Hall–Kier alpha value is -13.0. The number of carboxylic acid groups (broad SMARTS) is 1. The van der Waals surface area contributed by atoms with Crippen molar-refractivity contribution in [3.05, 3.63) is 197 Å². The van der Waals surface area contributed by atoms with Crippen LogP contribution in [0.2, 0.25) is 0 Å². The van der Waals surface area contributed by atoms with E-state index in [0.717, 1.165) is 109 Å². The van der Waals surface area contributed by atoms with Gasteiger partial charge in [0, 0.05) is 111 Å². The van der Waals surface area contributed by atoms with E-state index in [1.54, 1.807) is 70.0 Å². The minimum absolute atomic E-state index is 0. The first-order chi connectivity index (χ1) is 60.9. The number of carbonyl (C=O) groups is 3. The summed E-state index contributed by atoms with van der Waals surface area (Å²) < 4.78 is 91.8. The topological polar surface area (TPSA) is 452 Å². The summed E-state index contributed by atoms with van der Waals surface area (Å²) in [5, 5.41) is 81.2. The highest BCUT2D eigenvalue weighted by Crippen LogP contribution is 2.34. The van der Waals surface area contributed by atoms with Crippen LogP contribution in [0.3, 0.4) is 0 Å². The summed E-state index contributed by atoms with van der Waals surface area (Å²) in [7, 11) is 0. The van der Waals surface area contributed by atoms with Crippen LogP contribution in [0.25, 0.3) is 83.8 Å². The van der Waals surface area contributed by atoms with Crippen molar-refractivity contribution < 1.29 is 81.7 Å². The van der Waals surface area contributed by atoms with E-state index in [2.05, 4.69) is 81.8 Å². The molecule has 2 atom stereocenters. The number of carboxylic acids is 1. The van der Waals surface area contributed by atoms with Gasteiger partial charge in [0.25, 0.3) is 11.8 Å². The van der Waals surface area contributed by atoms with Crippen molar-refractivity contribution in [3.63, 3.8) is 0 Å². The maximum absolute atomic E-state index is 12.4. The van der Waals surface area contributed by atoms with Crippen molar-refractivity contribution in [2.45, 2.75) is 167 Å². The minimum atomic E-state index is -1.04. The van der Waals surface area contributed by atoms with Crippen LogP contribution in [0.4, 0.5) is 0 Å². The lowest BCUT2D eigenvalue weighted by atomic mass is 9.93. The van der Waals surface area contributed by atoms with Crippen molar-refractivity contribution in [1.29, 1.82) is 0 Å². The minimum Gasteiger partial charge on any atom is -0.478 e. The molecule has 37 heteroatoms. The van der Waals surface area contributed by atoms with Crippen molar-refractivity contribution >= 4 is 79.4 Å². The third kappa shape index (κ3) is 18.6. The van der Waals surface area contributed by atoms with Crippen LogP contribution in [-0.4, -0.2) is 162 Å². The molecule has 2 saturated heterocycles. The fourth-order valence-electron chi connectivity index (χ4n) is 13.4. The largest absolute Gasteiger partial charge is 0.478 e. The summed E-state index contributed by atoms with van der Waals surface area (Å²) in [6, 6.07) is 39.2. The van der Waals surface area contributed by atoms with Gasteiger partial charge in [-0.25, -0.2) is 4.79 Å². The first-order valence-electron chi connectivity index (χ1n) is 42.2. The molecule has 119 heavy (non-hydrogen) atoms. The third-order valence-electron chi connectivity index (χ3n) is 20.7. The van der Waals surface area contributed by atoms with Gasteiger partial charge in [-0.1, -0.05) is 76.5 Å². The first-order valence-corrected chi connectivity index (χ1v) is 39.2. The van der Waals surface area contributed by atoms with Gasteiger partial charge in [-0.3, -0.25) is 24.5 Å². The lowest BCUT2D eigenvalue weighted by Gasteiger charge is -2.26. The molecular formula is C82H90ClN21O15. The maximum Gasteiger partial charge on any atom is 0.337 e. The lowest BCUT2D eigenvalue weighted by Crippen LogP contribution is -2.39. The smallest absolute Gasteiger partial charge is 0.337 e. The zero-order valence-electron chi connectivity index (χ0n) is 70.2. The Morgan fingerprint density at radius 3 is 1.10 bits per heavy atom. The molecule has 5 fully saturated rings. The van der Waals surface area contributed by atoms with Gasteiger partial charge >= 0.3 is 5.97 Å². The molecule has 2 aliphatic heterocycles. The van der Waals surface area contributed by atoms with E-state index < -0.39 is 5.97 Å². The Morgan fingerprint density at radius 1 is 0.445 bits per heavy atom. The summed E-state index contributed by atoms with van der Waals surface area (Å²) >= 11 is 0. The molecule has 3 aliphatic carbocycles. The zero-order valence-corrected chi connectivity index (χ0v) is 65.1. The molecule has 2 unspecified atom stereocenters. The third-order valence-corrected chi connectivity index (χ3v) is 20.7. The number of aromatic carboxylic acids is 1. The fourth-order valence-corrected chi connectivity index (χ4v) is 13.4. The Bertz CT molecular complexity index is 6060. The normalized spacial score (nSPS) is 16.3. The number of carbonyl (C=O) groups excluding carboxylic acids is 2. The van der Waals surface area contributed by atoms with Crippen molar-refractivity contribution in [2.75, 3.05) is 13.2 Å². The highest BCUT2D eigenvalue weighted by molar-refractivity contribution is 5.99. The second kappa shape index (κ2) is 37.1. The lowest BCUT2D eigenvalue weighted by molar-refractivity contribution is -0.171. The van der Waals surface area contributed by atoms with Gasteiger partial charge in [-0.2, -0.15) is 13.5 Å². The second-order valence-corrected chi connectivity index (χ2v) is 28.9. The van der Waals surface area contributed by atoms with E-state index in [4.69, 9.17) is 71.6 Å². The molecule has 20 rings (SSSR count). The van der Waals surface area contributed by atoms with Crippen LogP contribution in [0.15, 0.2) is 160 Å². The van der Waals surface area contributed by atoms with Crippen molar-refractivity contribution in [1.82, 2.24) is 100 Å². The van der Waals surface area contributed by atoms with Gasteiger partial charge in [0.05, 0.1) is 33.8 Å². The van der Waals surface area contributed by atoms with E-state index >= 15 is 0 Å². The van der Waals surface area contributed by atoms with Gasteiger partial charge in [0.2, 0.25) is 35.1 Å².